The second kappa shape index (κ2) is 7.28. The number of hydrogen-bond acceptors (Lipinski definition) is 3. The first kappa shape index (κ1) is 18.7. The summed E-state index contributed by atoms with van der Waals surface area (Å²) in [4.78, 5) is 13.3. The van der Waals surface area contributed by atoms with Gasteiger partial charge in [0.05, 0.1) is 23.5 Å². The molecule has 2 aromatic rings. The molecule has 1 amide bonds. The van der Waals surface area contributed by atoms with Crippen molar-refractivity contribution in [2.24, 2.45) is 0 Å². The Balaban J connectivity index is 1.35. The minimum Gasteiger partial charge on any atom is -0.363 e. The minimum atomic E-state index is -0.0901. The highest BCUT2D eigenvalue weighted by atomic mass is 16.1. The number of amides is 1. The maximum atomic E-state index is 13.3. The molecule has 1 atom stereocenters. The predicted octanol–water partition coefficient (Wildman–Crippen LogP) is 5.36. The molecule has 0 bridgehead atoms. The highest BCUT2D eigenvalue weighted by molar-refractivity contribution is 6.00. The Morgan fingerprint density at radius 2 is 2.00 bits per heavy atom. The van der Waals surface area contributed by atoms with E-state index in [1.807, 2.05) is 0 Å². The first-order valence-corrected chi connectivity index (χ1v) is 11.6. The third kappa shape index (κ3) is 3.16. The molecule has 1 unspecified atom stereocenters. The number of aromatic nitrogens is 2. The van der Waals surface area contributed by atoms with E-state index < -0.39 is 0 Å². The van der Waals surface area contributed by atoms with Crippen LogP contribution in [0.15, 0.2) is 65.2 Å². The van der Waals surface area contributed by atoms with Crippen LogP contribution in [0.3, 0.4) is 0 Å². The summed E-state index contributed by atoms with van der Waals surface area (Å²) in [6.45, 7) is 0. The van der Waals surface area contributed by atoms with Crippen LogP contribution >= 0.6 is 0 Å². The van der Waals surface area contributed by atoms with E-state index >= 15 is 0 Å². The van der Waals surface area contributed by atoms with E-state index in [1.54, 1.807) is 6.20 Å². The number of allylic oxidation sites excluding steroid dienone is 2. The lowest BCUT2D eigenvalue weighted by Crippen LogP contribution is -2.44. The van der Waals surface area contributed by atoms with Crippen molar-refractivity contribution in [1.82, 2.24) is 15.1 Å². The summed E-state index contributed by atoms with van der Waals surface area (Å²) in [6.07, 6.45) is 13.9. The average molecular weight is 413 g/mol. The molecule has 2 saturated carbocycles. The number of benzene rings is 1. The van der Waals surface area contributed by atoms with Gasteiger partial charge in [-0.15, -0.1) is 0 Å². The Morgan fingerprint density at radius 3 is 2.74 bits per heavy atom. The molecule has 0 saturated heterocycles. The highest BCUT2D eigenvalue weighted by Crippen LogP contribution is 2.47. The monoisotopic (exact) mass is 412 g/mol. The Labute approximate surface area is 182 Å². The maximum absolute atomic E-state index is 13.3. The summed E-state index contributed by atoms with van der Waals surface area (Å²) >= 11 is 0. The number of hydrogen-bond donors (Lipinski definition) is 2. The molecule has 6 rings (SSSR count). The Morgan fingerprint density at radius 1 is 1.16 bits per heavy atom. The molecule has 1 aromatic carbocycles. The van der Waals surface area contributed by atoms with Crippen molar-refractivity contribution in [2.45, 2.75) is 69.4 Å². The van der Waals surface area contributed by atoms with Gasteiger partial charge in [0.25, 0.3) is 5.91 Å². The quantitative estimate of drug-likeness (QED) is 0.667. The summed E-state index contributed by atoms with van der Waals surface area (Å²) in [7, 11) is 0. The summed E-state index contributed by atoms with van der Waals surface area (Å²) in [5, 5.41) is 11.5. The third-order valence-corrected chi connectivity index (χ3v) is 7.50. The zero-order valence-corrected chi connectivity index (χ0v) is 17.8. The van der Waals surface area contributed by atoms with E-state index in [9.17, 15) is 4.79 Å². The van der Waals surface area contributed by atoms with Crippen molar-refractivity contribution < 1.29 is 4.79 Å². The van der Waals surface area contributed by atoms with Gasteiger partial charge < -0.3 is 10.6 Å². The van der Waals surface area contributed by atoms with Crippen molar-refractivity contribution in [2.75, 3.05) is 5.32 Å². The Hall–Kier alpha value is -3.04. The average Bonchev–Trinajstić information content (AvgIpc) is 3.22. The molecule has 31 heavy (non-hydrogen) atoms. The number of anilines is 1. The van der Waals surface area contributed by atoms with Crippen molar-refractivity contribution in [1.29, 1.82) is 0 Å². The summed E-state index contributed by atoms with van der Waals surface area (Å²) in [5.41, 5.74) is 8.82. The van der Waals surface area contributed by atoms with E-state index in [0.29, 0.717) is 5.56 Å². The number of carbonyl (C=O) groups is 1. The number of rotatable bonds is 3. The second-order valence-corrected chi connectivity index (χ2v) is 9.39. The fraction of sp³-hybridized carbons (Fsp3) is 0.423. The second-order valence-electron chi connectivity index (χ2n) is 9.39. The van der Waals surface area contributed by atoms with Gasteiger partial charge in [0.2, 0.25) is 0 Å². The summed E-state index contributed by atoms with van der Waals surface area (Å²) < 4.78 is 2.14. The topological polar surface area (TPSA) is 59.0 Å². The zero-order valence-electron chi connectivity index (χ0n) is 17.8. The van der Waals surface area contributed by atoms with E-state index in [-0.39, 0.29) is 17.5 Å². The highest BCUT2D eigenvalue weighted by Gasteiger charge is 2.43. The largest absolute Gasteiger partial charge is 0.363 e. The fourth-order valence-electron chi connectivity index (χ4n) is 5.72. The van der Waals surface area contributed by atoms with Gasteiger partial charge in [0, 0.05) is 6.42 Å². The third-order valence-electron chi connectivity index (χ3n) is 7.50. The first-order chi connectivity index (χ1) is 15.2. The van der Waals surface area contributed by atoms with E-state index in [4.69, 9.17) is 5.10 Å². The zero-order chi connectivity index (χ0) is 20.8. The predicted molar refractivity (Wildman–Crippen MR) is 121 cm³/mol. The molecule has 3 aliphatic carbocycles. The van der Waals surface area contributed by atoms with Crippen molar-refractivity contribution >= 4 is 11.7 Å². The lowest BCUT2D eigenvalue weighted by Gasteiger charge is -2.45. The maximum Gasteiger partial charge on any atom is 0.261 e. The molecular weight excluding hydrogens is 384 g/mol. The molecule has 158 valence electrons. The van der Waals surface area contributed by atoms with Crippen LogP contribution in [0.5, 0.6) is 0 Å². The molecule has 2 N–H and O–H groups in total. The molecule has 0 radical (unpaired) electrons. The number of nitrogens with zero attached hydrogens (tertiary/aromatic N) is 2. The van der Waals surface area contributed by atoms with Gasteiger partial charge in [-0.1, -0.05) is 61.4 Å². The number of carbonyl (C=O) groups excluding carboxylic acids is 1. The van der Waals surface area contributed by atoms with Crippen LogP contribution in [0.4, 0.5) is 5.82 Å². The van der Waals surface area contributed by atoms with Gasteiger partial charge in [-0.25, -0.2) is 4.68 Å². The van der Waals surface area contributed by atoms with Crippen LogP contribution < -0.4 is 10.6 Å². The van der Waals surface area contributed by atoms with Crippen molar-refractivity contribution in [3.63, 3.8) is 0 Å². The molecule has 5 heteroatoms. The van der Waals surface area contributed by atoms with Crippen LogP contribution in [0.25, 0.3) is 0 Å². The van der Waals surface area contributed by atoms with E-state index in [0.717, 1.165) is 50.0 Å². The van der Waals surface area contributed by atoms with Crippen LogP contribution in [-0.4, -0.2) is 15.7 Å². The molecule has 4 aliphatic rings. The van der Waals surface area contributed by atoms with E-state index in [2.05, 4.69) is 57.5 Å². The standard InChI is InChI=1S/C26H28N4O/c31-25(28-21-12-11-18-9-10-20(18)15-21)22-17-27-30-24(22)29-23(19-7-3-1-4-8-19)16-26(30)13-5-2-6-14-26/h1,3-4,7-8,11,17,23,29H,2,5-6,9-10,12-14,16H2,(H,28,31). The smallest absolute Gasteiger partial charge is 0.261 e. The Bertz CT molecular complexity index is 1130. The lowest BCUT2D eigenvalue weighted by molar-refractivity contribution is 0.0964. The lowest BCUT2D eigenvalue weighted by atomic mass is 9.75. The summed E-state index contributed by atoms with van der Waals surface area (Å²) in [5.74, 6) is 0.774. The van der Waals surface area contributed by atoms with Crippen LogP contribution in [-0.2, 0) is 5.54 Å². The van der Waals surface area contributed by atoms with Crippen LogP contribution in [0.1, 0.15) is 79.8 Å². The fourth-order valence-corrected chi connectivity index (χ4v) is 5.72. The van der Waals surface area contributed by atoms with Crippen molar-refractivity contribution in [3.8, 4) is 0 Å². The molecule has 1 spiro atoms. The van der Waals surface area contributed by atoms with Crippen LogP contribution in [0, 0.1) is 0 Å². The van der Waals surface area contributed by atoms with Gasteiger partial charge in [-0.05, 0) is 48.8 Å². The number of nitrogens with one attached hydrogen (secondary N) is 2. The van der Waals surface area contributed by atoms with Crippen LogP contribution in [0.2, 0.25) is 0 Å². The Kier molecular flexibility index (Phi) is 4.39. The molecule has 2 fully saturated rings. The molecule has 1 aromatic heterocycles. The molecule has 1 aliphatic heterocycles. The SMILES string of the molecule is O=C(NC1=C=C2CCC2=CC1)c1cnn2c1NC(c1ccccc1)CC21CCCCC1. The van der Waals surface area contributed by atoms with Gasteiger partial charge >= 0.3 is 0 Å². The van der Waals surface area contributed by atoms with Gasteiger partial charge in [0.15, 0.2) is 0 Å². The molecule has 2 heterocycles. The normalized spacial score (nSPS) is 23.4. The minimum absolute atomic E-state index is 0.00642. The van der Waals surface area contributed by atoms with Gasteiger partial charge in [-0.2, -0.15) is 5.10 Å². The van der Waals surface area contributed by atoms with Gasteiger partial charge in [-0.3, -0.25) is 4.79 Å². The molecular formula is C26H28N4O. The van der Waals surface area contributed by atoms with E-state index in [1.165, 1.54) is 36.0 Å². The van der Waals surface area contributed by atoms with Gasteiger partial charge in [0.1, 0.15) is 11.4 Å². The summed E-state index contributed by atoms with van der Waals surface area (Å²) in [6, 6.07) is 10.8. The first-order valence-electron chi connectivity index (χ1n) is 11.6. The molecule has 5 nitrogen and oxygen atoms in total. The number of fused-ring (bicyclic) bond motifs is 3. The van der Waals surface area contributed by atoms with Crippen molar-refractivity contribution in [3.05, 3.63) is 76.3 Å².